The predicted molar refractivity (Wildman–Crippen MR) is 67.9 cm³/mol. The van der Waals surface area contributed by atoms with E-state index in [1.807, 2.05) is 0 Å². The zero-order chi connectivity index (χ0) is 13.3. The Hall–Kier alpha value is -1.69. The molecule has 1 aliphatic carbocycles. The van der Waals surface area contributed by atoms with E-state index in [2.05, 4.69) is 15.5 Å². The quantitative estimate of drug-likeness (QED) is 0.818. The number of carbonyl (C=O) groups is 1. The first-order valence-electron chi connectivity index (χ1n) is 6.66. The average molecular weight is 263 g/mol. The number of hydrogen-bond donors (Lipinski definition) is 2. The van der Waals surface area contributed by atoms with Crippen molar-refractivity contribution in [3.63, 3.8) is 0 Å². The van der Waals surface area contributed by atoms with E-state index < -0.39 is 0 Å². The lowest BCUT2D eigenvalue weighted by molar-refractivity contribution is -0.134. The van der Waals surface area contributed by atoms with E-state index >= 15 is 0 Å². The summed E-state index contributed by atoms with van der Waals surface area (Å²) in [6, 6.07) is 1.39. The summed E-state index contributed by atoms with van der Waals surface area (Å²) in [4.78, 5) is 23.2. The Morgan fingerprint density at radius 3 is 3.05 bits per heavy atom. The van der Waals surface area contributed by atoms with Crippen LogP contribution in [0.25, 0.3) is 0 Å². The molecule has 0 bridgehead atoms. The number of amides is 1. The summed E-state index contributed by atoms with van der Waals surface area (Å²) in [6.07, 6.45) is 6.45. The molecular formula is C13H17N3O3. The molecule has 2 aliphatic rings. The highest BCUT2D eigenvalue weighted by Crippen LogP contribution is 2.42. The van der Waals surface area contributed by atoms with Gasteiger partial charge in [0.05, 0.1) is 17.4 Å². The predicted octanol–water partition coefficient (Wildman–Crippen LogP) is 0.601. The van der Waals surface area contributed by atoms with Crippen molar-refractivity contribution in [3.8, 4) is 0 Å². The van der Waals surface area contributed by atoms with Gasteiger partial charge in [-0.3, -0.25) is 9.59 Å². The standard InChI is InChI=1S/C13H17N3O3/c17-11-6-9(8-14-16-11)12(18)15-10-2-5-19-13(7-10)3-1-4-13/h6,8,10H,1-5,7H2,(H,15,18)(H,16,17). The molecule has 3 rings (SSSR count). The second kappa shape index (κ2) is 4.77. The minimum Gasteiger partial charge on any atom is -0.375 e. The van der Waals surface area contributed by atoms with Gasteiger partial charge in [-0.25, -0.2) is 5.10 Å². The van der Waals surface area contributed by atoms with E-state index in [0.29, 0.717) is 12.2 Å². The van der Waals surface area contributed by atoms with Gasteiger partial charge in [-0.1, -0.05) is 0 Å². The summed E-state index contributed by atoms with van der Waals surface area (Å²) in [5.74, 6) is -0.236. The lowest BCUT2D eigenvalue weighted by Gasteiger charge is -2.47. The SMILES string of the molecule is O=C(NC1CCOC2(CCC2)C1)c1cn[nH]c(=O)c1. The Morgan fingerprint density at radius 1 is 1.53 bits per heavy atom. The molecular weight excluding hydrogens is 246 g/mol. The Kier molecular flexibility index (Phi) is 3.10. The molecule has 1 unspecified atom stereocenters. The third-order valence-corrected chi connectivity index (χ3v) is 4.02. The lowest BCUT2D eigenvalue weighted by atomic mass is 9.74. The highest BCUT2D eigenvalue weighted by molar-refractivity contribution is 5.93. The summed E-state index contributed by atoms with van der Waals surface area (Å²) >= 11 is 0. The van der Waals surface area contributed by atoms with Gasteiger partial charge in [-0.15, -0.1) is 0 Å². The van der Waals surface area contributed by atoms with Crippen LogP contribution in [0.1, 0.15) is 42.5 Å². The summed E-state index contributed by atoms with van der Waals surface area (Å²) in [7, 11) is 0. The van der Waals surface area contributed by atoms with Crippen molar-refractivity contribution in [3.05, 3.63) is 28.2 Å². The van der Waals surface area contributed by atoms with Crippen LogP contribution in [0, 0.1) is 0 Å². The molecule has 2 heterocycles. The zero-order valence-electron chi connectivity index (χ0n) is 10.6. The van der Waals surface area contributed by atoms with Gasteiger partial charge in [0.15, 0.2) is 0 Å². The zero-order valence-corrected chi connectivity index (χ0v) is 10.6. The van der Waals surface area contributed by atoms with Gasteiger partial charge in [0, 0.05) is 18.7 Å². The van der Waals surface area contributed by atoms with Crippen LogP contribution in [0.4, 0.5) is 0 Å². The van der Waals surface area contributed by atoms with Gasteiger partial charge in [0.2, 0.25) is 0 Å². The third-order valence-electron chi connectivity index (χ3n) is 4.02. The first kappa shape index (κ1) is 12.3. The van der Waals surface area contributed by atoms with Crippen LogP contribution in [0.2, 0.25) is 0 Å². The molecule has 6 nitrogen and oxygen atoms in total. The van der Waals surface area contributed by atoms with Crippen LogP contribution in [0.5, 0.6) is 0 Å². The smallest absolute Gasteiger partial charge is 0.264 e. The Labute approximate surface area is 110 Å². The van der Waals surface area contributed by atoms with Crippen molar-refractivity contribution in [1.82, 2.24) is 15.5 Å². The molecule has 0 radical (unpaired) electrons. The van der Waals surface area contributed by atoms with Gasteiger partial charge < -0.3 is 10.1 Å². The highest BCUT2D eigenvalue weighted by Gasteiger charge is 2.42. The molecule has 2 fully saturated rings. The summed E-state index contributed by atoms with van der Waals surface area (Å²) in [5.41, 5.74) is -0.0595. The van der Waals surface area contributed by atoms with Gasteiger partial charge in [-0.05, 0) is 32.1 Å². The number of hydrogen-bond acceptors (Lipinski definition) is 4. The Balaban J connectivity index is 1.64. The molecule has 1 aromatic heterocycles. The monoisotopic (exact) mass is 263 g/mol. The first-order chi connectivity index (χ1) is 9.17. The molecule has 1 saturated heterocycles. The highest BCUT2D eigenvalue weighted by atomic mass is 16.5. The van der Waals surface area contributed by atoms with Crippen molar-refractivity contribution in [2.75, 3.05) is 6.61 Å². The number of rotatable bonds is 2. The Morgan fingerprint density at radius 2 is 2.37 bits per heavy atom. The first-order valence-corrected chi connectivity index (χ1v) is 6.66. The van der Waals surface area contributed by atoms with Crippen LogP contribution in [0.15, 0.2) is 17.1 Å². The normalized spacial score (nSPS) is 24.7. The summed E-state index contributed by atoms with van der Waals surface area (Å²) in [6.45, 7) is 0.693. The third kappa shape index (κ3) is 2.53. The van der Waals surface area contributed by atoms with E-state index in [1.54, 1.807) is 0 Å². The van der Waals surface area contributed by atoms with E-state index in [1.165, 1.54) is 18.7 Å². The van der Waals surface area contributed by atoms with Crippen molar-refractivity contribution in [1.29, 1.82) is 0 Å². The van der Waals surface area contributed by atoms with Crippen LogP contribution < -0.4 is 10.9 Å². The van der Waals surface area contributed by atoms with Gasteiger partial charge in [0.1, 0.15) is 0 Å². The molecule has 0 aromatic carbocycles. The maximum absolute atomic E-state index is 12.0. The average Bonchev–Trinajstić information content (AvgIpc) is 2.37. The van der Waals surface area contributed by atoms with Crippen LogP contribution in [-0.2, 0) is 4.74 Å². The maximum Gasteiger partial charge on any atom is 0.264 e. The number of aromatic amines is 1. The fourth-order valence-electron chi connectivity index (χ4n) is 2.84. The van der Waals surface area contributed by atoms with Gasteiger partial charge in [0.25, 0.3) is 11.5 Å². The van der Waals surface area contributed by atoms with Crippen LogP contribution >= 0.6 is 0 Å². The van der Waals surface area contributed by atoms with Gasteiger partial charge in [-0.2, -0.15) is 5.10 Å². The number of aromatic nitrogens is 2. The molecule has 102 valence electrons. The molecule has 6 heteroatoms. The second-order valence-corrected chi connectivity index (χ2v) is 5.38. The van der Waals surface area contributed by atoms with Crippen LogP contribution in [0.3, 0.4) is 0 Å². The number of carbonyl (C=O) groups excluding carboxylic acids is 1. The fraction of sp³-hybridized carbons (Fsp3) is 0.615. The van der Waals surface area contributed by atoms with Crippen molar-refractivity contribution < 1.29 is 9.53 Å². The molecule has 1 aromatic rings. The van der Waals surface area contributed by atoms with E-state index in [0.717, 1.165) is 25.7 Å². The molecule has 1 saturated carbocycles. The minimum absolute atomic E-state index is 0.00259. The molecule has 1 aliphatic heterocycles. The van der Waals surface area contributed by atoms with Crippen molar-refractivity contribution in [2.24, 2.45) is 0 Å². The molecule has 1 spiro atoms. The topological polar surface area (TPSA) is 84.1 Å². The summed E-state index contributed by atoms with van der Waals surface area (Å²) < 4.78 is 5.82. The van der Waals surface area contributed by atoms with Gasteiger partial charge >= 0.3 is 0 Å². The van der Waals surface area contributed by atoms with Crippen molar-refractivity contribution in [2.45, 2.75) is 43.7 Å². The molecule has 19 heavy (non-hydrogen) atoms. The molecule has 2 N–H and O–H groups in total. The second-order valence-electron chi connectivity index (χ2n) is 5.38. The number of H-pyrrole nitrogens is 1. The molecule has 1 atom stereocenters. The van der Waals surface area contributed by atoms with Crippen LogP contribution in [-0.4, -0.2) is 34.4 Å². The fourth-order valence-corrected chi connectivity index (χ4v) is 2.84. The number of ether oxygens (including phenoxy) is 1. The largest absolute Gasteiger partial charge is 0.375 e. The minimum atomic E-state index is -0.366. The van der Waals surface area contributed by atoms with Crippen molar-refractivity contribution >= 4 is 5.91 Å². The summed E-state index contributed by atoms with van der Waals surface area (Å²) in [5, 5.41) is 8.86. The van der Waals surface area contributed by atoms with E-state index in [4.69, 9.17) is 4.74 Å². The molecule has 1 amide bonds. The Bertz CT molecular complexity index is 536. The number of nitrogens with one attached hydrogen (secondary N) is 2. The number of nitrogens with zero attached hydrogens (tertiary/aromatic N) is 1. The maximum atomic E-state index is 12.0. The lowest BCUT2D eigenvalue weighted by Crippen LogP contribution is -2.52. The van der Waals surface area contributed by atoms with E-state index in [-0.39, 0.29) is 23.1 Å². The van der Waals surface area contributed by atoms with E-state index in [9.17, 15) is 9.59 Å².